The summed E-state index contributed by atoms with van der Waals surface area (Å²) in [7, 11) is -13.1. The van der Waals surface area contributed by atoms with Gasteiger partial charge in [0.1, 0.15) is 18.1 Å². The van der Waals surface area contributed by atoms with Gasteiger partial charge in [0.15, 0.2) is 5.71 Å². The first-order valence-electron chi connectivity index (χ1n) is 18.9. The van der Waals surface area contributed by atoms with Crippen LogP contribution in [0.3, 0.4) is 0 Å². The monoisotopic (exact) mass is 884 g/mol. The van der Waals surface area contributed by atoms with Crippen LogP contribution in [0.4, 0.5) is 11.4 Å². The van der Waals surface area contributed by atoms with E-state index in [2.05, 4.69) is 11.0 Å². The van der Waals surface area contributed by atoms with E-state index in [4.69, 9.17) is 4.74 Å². The summed E-state index contributed by atoms with van der Waals surface area (Å²) in [4.78, 5) is 13.4. The van der Waals surface area contributed by atoms with Gasteiger partial charge in [0.25, 0.3) is 30.4 Å². The Bertz CT molecular complexity index is 2510. The first-order valence-corrected chi connectivity index (χ1v) is 23.6. The zero-order chi connectivity index (χ0) is 43.2. The topological polar surface area (TPSA) is 216 Å². The largest absolute Gasteiger partial charge is 1.00 e. The van der Waals surface area contributed by atoms with Crippen LogP contribution in [0.2, 0.25) is 0 Å². The smallest absolute Gasteiger partial charge is 0.481 e. The Labute approximate surface area is 370 Å². The van der Waals surface area contributed by atoms with Crippen molar-refractivity contribution in [1.82, 2.24) is 0 Å². The third-order valence-corrected chi connectivity index (χ3v) is 13.3. The van der Waals surface area contributed by atoms with Crippen molar-refractivity contribution in [3.05, 3.63) is 83.2 Å². The number of carbonyl (C=O) groups is 1. The molecule has 0 bridgehead atoms. The molecule has 3 aliphatic heterocycles. The van der Waals surface area contributed by atoms with Crippen molar-refractivity contribution in [3.8, 4) is 5.75 Å². The van der Waals surface area contributed by atoms with Gasteiger partial charge in [-0.1, -0.05) is 39.0 Å². The van der Waals surface area contributed by atoms with Crippen LogP contribution < -0.4 is 39.2 Å². The Balaban J connectivity index is 0.00000769. The standard InChI is InChI=1S/C41H52N2O12S3.Na/c1-27-26-40(5,6)43(19-11-21-57(49,50)51)34-25-35-31(24-30(27)34)28(22-37(55-35)39(2,3)4)12-8-13-36-41(7,17-9-14-38(44)45)32-23-29(58(52,53)54)15-16-33(32)42(36)18-10-20-56(46,47)48;/h8,12-13,15-16,22-26H,9-11,14,17-21H2,1-7H3,(H3-,44,45,46,47,48,49,50,51,52,53,54);/q;+1/p+1. The summed E-state index contributed by atoms with van der Waals surface area (Å²) in [6.45, 7) is 14.5. The normalized spacial score (nSPS) is 19.8. The zero-order valence-corrected chi connectivity index (χ0v) is 39.3. The molecule has 0 radical (unpaired) electrons. The van der Waals surface area contributed by atoms with Gasteiger partial charge >= 0.3 is 35.5 Å². The molecule has 0 fully saturated rings. The van der Waals surface area contributed by atoms with E-state index in [1.807, 2.05) is 89.5 Å². The molecule has 5 rings (SSSR count). The summed E-state index contributed by atoms with van der Waals surface area (Å²) in [5, 5.41) is 9.49. The number of hydrogen-bond donors (Lipinski definition) is 4. The predicted molar refractivity (Wildman–Crippen MR) is 224 cm³/mol. The summed E-state index contributed by atoms with van der Waals surface area (Å²) in [6.07, 6.45) is 10.2. The van der Waals surface area contributed by atoms with Gasteiger partial charge in [-0.15, -0.1) is 0 Å². The Kier molecular flexibility index (Phi) is 14.6. The van der Waals surface area contributed by atoms with Gasteiger partial charge in [0.05, 0.1) is 27.4 Å². The molecule has 2 aromatic carbocycles. The van der Waals surface area contributed by atoms with Crippen molar-refractivity contribution in [2.24, 2.45) is 5.41 Å². The molecule has 1 unspecified atom stereocenters. The molecule has 0 aromatic heterocycles. The van der Waals surface area contributed by atoms with Crippen molar-refractivity contribution in [1.29, 1.82) is 0 Å². The van der Waals surface area contributed by atoms with Crippen molar-refractivity contribution in [2.45, 2.75) is 96.4 Å². The van der Waals surface area contributed by atoms with Crippen LogP contribution >= 0.6 is 0 Å². The molecular formula is C41H53N2NaO12S3+2. The Hall–Kier alpha value is -3.13. The van der Waals surface area contributed by atoms with Crippen LogP contribution in [0.15, 0.2) is 71.4 Å². The summed E-state index contributed by atoms with van der Waals surface area (Å²) < 4.78 is 108. The van der Waals surface area contributed by atoms with Crippen LogP contribution in [-0.2, 0) is 40.6 Å². The first kappa shape index (κ1) is 48.5. The minimum atomic E-state index is -4.61. The number of ether oxygens (including phenoxy) is 1. The third kappa shape index (κ3) is 11.4. The average Bonchev–Trinajstić information content (AvgIpc) is 3.29. The molecule has 3 heterocycles. The second-order valence-corrected chi connectivity index (χ2v) is 21.5. The molecule has 18 heteroatoms. The van der Waals surface area contributed by atoms with E-state index in [9.17, 15) is 48.8 Å². The van der Waals surface area contributed by atoms with E-state index in [-0.39, 0.29) is 78.9 Å². The SMILES string of the molecule is CC1=CC(C)(C)N(CCCS(=O)(=O)O)c2cc3c(cc21)/C(=C/C=C/C1=[N+](CCCS(=O)(=O)O)c2ccc(S(=O)(=O)O)cc2C1(C)CCCC(=O)O)C=C(C(C)(C)C)O3.[Na+]. The fraction of sp³-hybridized carbons (Fsp3) is 0.463. The van der Waals surface area contributed by atoms with Crippen LogP contribution in [0.1, 0.15) is 97.3 Å². The Morgan fingerprint density at radius 1 is 0.915 bits per heavy atom. The number of carboxylic acids is 1. The quantitative estimate of drug-likeness (QED) is 0.113. The van der Waals surface area contributed by atoms with Crippen molar-refractivity contribution >= 4 is 64.6 Å². The van der Waals surface area contributed by atoms with Gasteiger partial charge in [-0.25, -0.2) is 0 Å². The van der Waals surface area contributed by atoms with Gasteiger partial charge < -0.3 is 14.7 Å². The number of benzene rings is 2. The van der Waals surface area contributed by atoms with Crippen molar-refractivity contribution in [3.63, 3.8) is 0 Å². The number of hydrogen-bond acceptors (Lipinski definition) is 9. The maximum Gasteiger partial charge on any atom is 1.00 e. The molecule has 59 heavy (non-hydrogen) atoms. The van der Waals surface area contributed by atoms with E-state index < -0.39 is 58.4 Å². The average molecular weight is 885 g/mol. The van der Waals surface area contributed by atoms with Crippen LogP contribution in [-0.4, -0.2) is 90.4 Å². The van der Waals surface area contributed by atoms with E-state index >= 15 is 0 Å². The number of fused-ring (bicyclic) bond motifs is 3. The van der Waals surface area contributed by atoms with E-state index in [0.717, 1.165) is 28.0 Å². The fourth-order valence-corrected chi connectivity index (χ4v) is 9.53. The molecule has 0 spiro atoms. The first-order chi connectivity index (χ1) is 26.6. The van der Waals surface area contributed by atoms with Crippen molar-refractivity contribution < 1.29 is 87.7 Å². The maximum atomic E-state index is 12.3. The number of anilines is 1. The Morgan fingerprint density at radius 2 is 1.56 bits per heavy atom. The second kappa shape index (κ2) is 17.7. The summed E-state index contributed by atoms with van der Waals surface area (Å²) in [6, 6.07) is 8.13. The molecule has 0 amide bonds. The van der Waals surface area contributed by atoms with Gasteiger partial charge in [0, 0.05) is 65.4 Å². The molecular weight excluding hydrogens is 832 g/mol. The fourth-order valence-electron chi connectivity index (χ4n) is 8.04. The molecule has 316 valence electrons. The van der Waals surface area contributed by atoms with Crippen LogP contribution in [0, 0.1) is 5.41 Å². The van der Waals surface area contributed by atoms with Crippen molar-refractivity contribution in [2.75, 3.05) is 29.5 Å². The molecule has 2 aromatic rings. The van der Waals surface area contributed by atoms with Gasteiger partial charge in [-0.3, -0.25) is 18.5 Å². The summed E-state index contributed by atoms with van der Waals surface area (Å²) in [5.41, 5.74) is 4.18. The molecule has 0 saturated heterocycles. The molecule has 1 atom stereocenters. The number of nitrogens with zero attached hydrogens (tertiary/aromatic N) is 2. The predicted octanol–water partition coefficient (Wildman–Crippen LogP) is 4.07. The Morgan fingerprint density at radius 3 is 2.15 bits per heavy atom. The van der Waals surface area contributed by atoms with Gasteiger partial charge in [-0.2, -0.15) is 29.8 Å². The summed E-state index contributed by atoms with van der Waals surface area (Å²) >= 11 is 0. The molecule has 14 nitrogen and oxygen atoms in total. The molecule has 0 saturated carbocycles. The van der Waals surface area contributed by atoms with E-state index in [1.165, 1.54) is 18.2 Å². The minimum Gasteiger partial charge on any atom is -0.481 e. The minimum absolute atomic E-state index is 0. The molecule has 0 aliphatic carbocycles. The van der Waals surface area contributed by atoms with Crippen LogP contribution in [0.5, 0.6) is 5.75 Å². The van der Waals surface area contributed by atoms with Crippen LogP contribution in [0.25, 0.3) is 11.1 Å². The van der Waals surface area contributed by atoms with E-state index in [1.54, 1.807) is 0 Å². The van der Waals surface area contributed by atoms with Gasteiger partial charge in [0.2, 0.25) is 5.69 Å². The molecule has 4 N–H and O–H groups in total. The zero-order valence-electron chi connectivity index (χ0n) is 34.8. The van der Waals surface area contributed by atoms with E-state index in [0.29, 0.717) is 35.0 Å². The number of carboxylic acid groups (broad SMARTS) is 1. The molecule has 3 aliphatic rings. The third-order valence-electron chi connectivity index (χ3n) is 10.8. The second-order valence-electron chi connectivity index (χ2n) is 16.9. The number of rotatable bonds is 15. The number of allylic oxidation sites excluding steroid dienone is 7. The van der Waals surface area contributed by atoms with Gasteiger partial charge in [-0.05, 0) is 82.4 Å². The maximum absolute atomic E-state index is 12.3. The summed E-state index contributed by atoms with van der Waals surface area (Å²) in [5.74, 6) is -0.637. The number of aliphatic carboxylic acids is 1.